The Bertz CT molecular complexity index is 1440. The molecule has 0 spiro atoms. The van der Waals surface area contributed by atoms with E-state index in [2.05, 4.69) is 63.3 Å². The van der Waals surface area contributed by atoms with Crippen LogP contribution >= 0.6 is 0 Å². The van der Waals surface area contributed by atoms with E-state index in [0.29, 0.717) is 31.7 Å². The Kier molecular flexibility index (Phi) is 8.40. The summed E-state index contributed by atoms with van der Waals surface area (Å²) in [6, 6.07) is 20.7. The summed E-state index contributed by atoms with van der Waals surface area (Å²) in [5, 5.41) is 3.74. The standard InChI is InChI=1S/C31H37N7O2/c1-22-19-36(20-23(2)37(22)16-13-25-8-5-4-6-9-25)31(40)26-10-7-11-27(18-26)38(17-15-32-24(3)39)30-28-12-14-33-29(28)34-21-35-30/h4-12,14,18,21-23H,13,15-17,19-20H2,1-3H3,(H,32,39)(H,33,34,35). The first-order valence-electron chi connectivity index (χ1n) is 13.9. The smallest absolute Gasteiger partial charge is 0.254 e. The Morgan fingerprint density at radius 2 is 1.80 bits per heavy atom. The molecule has 9 heteroatoms. The van der Waals surface area contributed by atoms with Gasteiger partial charge in [0.2, 0.25) is 5.91 Å². The second kappa shape index (κ2) is 12.3. The van der Waals surface area contributed by atoms with Gasteiger partial charge in [0.05, 0.1) is 5.39 Å². The van der Waals surface area contributed by atoms with Gasteiger partial charge in [0.15, 0.2) is 0 Å². The molecule has 5 rings (SSSR count). The predicted octanol–water partition coefficient (Wildman–Crippen LogP) is 4.01. The fourth-order valence-corrected chi connectivity index (χ4v) is 5.63. The fraction of sp³-hybridized carbons (Fsp3) is 0.355. The lowest BCUT2D eigenvalue weighted by Crippen LogP contribution is -2.58. The predicted molar refractivity (Wildman–Crippen MR) is 158 cm³/mol. The third kappa shape index (κ3) is 6.15. The molecule has 208 valence electrons. The Morgan fingerprint density at radius 1 is 1.02 bits per heavy atom. The second-order valence-electron chi connectivity index (χ2n) is 10.5. The number of aromatic amines is 1. The van der Waals surface area contributed by atoms with Crippen molar-refractivity contribution in [3.05, 3.63) is 84.3 Å². The molecule has 1 saturated heterocycles. The van der Waals surface area contributed by atoms with Gasteiger partial charge in [-0.1, -0.05) is 36.4 Å². The summed E-state index contributed by atoms with van der Waals surface area (Å²) in [7, 11) is 0. The van der Waals surface area contributed by atoms with Crippen LogP contribution in [0.5, 0.6) is 0 Å². The molecule has 0 aliphatic carbocycles. The van der Waals surface area contributed by atoms with Gasteiger partial charge in [-0.2, -0.15) is 0 Å². The van der Waals surface area contributed by atoms with Crippen LogP contribution in [0.15, 0.2) is 73.2 Å². The number of H-pyrrole nitrogens is 1. The maximum absolute atomic E-state index is 13.8. The third-order valence-corrected chi connectivity index (χ3v) is 7.59. The van der Waals surface area contributed by atoms with Gasteiger partial charge in [-0.05, 0) is 50.1 Å². The minimum Gasteiger partial charge on any atom is -0.355 e. The van der Waals surface area contributed by atoms with Crippen LogP contribution in [0.3, 0.4) is 0 Å². The lowest BCUT2D eigenvalue weighted by Gasteiger charge is -2.44. The van der Waals surface area contributed by atoms with Crippen LogP contribution in [-0.2, 0) is 11.2 Å². The number of carbonyl (C=O) groups is 2. The van der Waals surface area contributed by atoms with Crippen molar-refractivity contribution in [1.29, 1.82) is 0 Å². The topological polar surface area (TPSA) is 97.5 Å². The SMILES string of the molecule is CC(=O)NCCN(c1cccc(C(=O)N2CC(C)N(CCc3ccccc3)C(C)C2)c1)c1ncnc2[nH]ccc12. The maximum atomic E-state index is 13.8. The van der Waals surface area contributed by atoms with Gasteiger partial charge in [0, 0.05) is 69.2 Å². The molecular formula is C31H37N7O2. The highest BCUT2D eigenvalue weighted by atomic mass is 16.2. The molecule has 2 aromatic heterocycles. The Morgan fingerprint density at radius 3 is 2.55 bits per heavy atom. The van der Waals surface area contributed by atoms with Crippen molar-refractivity contribution >= 4 is 34.4 Å². The third-order valence-electron chi connectivity index (χ3n) is 7.59. The van der Waals surface area contributed by atoms with E-state index in [4.69, 9.17) is 0 Å². The van der Waals surface area contributed by atoms with E-state index in [1.165, 1.54) is 18.8 Å². The van der Waals surface area contributed by atoms with Crippen LogP contribution < -0.4 is 10.2 Å². The number of nitrogens with one attached hydrogen (secondary N) is 2. The van der Waals surface area contributed by atoms with Crippen molar-refractivity contribution in [2.75, 3.05) is 37.6 Å². The number of hydrogen-bond donors (Lipinski definition) is 2. The van der Waals surface area contributed by atoms with E-state index in [9.17, 15) is 9.59 Å². The molecule has 2 N–H and O–H groups in total. The summed E-state index contributed by atoms with van der Waals surface area (Å²) in [6.45, 7) is 9.18. The molecule has 40 heavy (non-hydrogen) atoms. The van der Waals surface area contributed by atoms with E-state index < -0.39 is 0 Å². The van der Waals surface area contributed by atoms with Gasteiger partial charge in [0.1, 0.15) is 17.8 Å². The minimum atomic E-state index is -0.0930. The number of anilines is 2. The molecule has 1 fully saturated rings. The number of nitrogens with zero attached hydrogens (tertiary/aromatic N) is 5. The van der Waals surface area contributed by atoms with Gasteiger partial charge in [-0.25, -0.2) is 9.97 Å². The van der Waals surface area contributed by atoms with Crippen LogP contribution in [0.1, 0.15) is 36.7 Å². The van der Waals surface area contributed by atoms with Gasteiger partial charge >= 0.3 is 0 Å². The van der Waals surface area contributed by atoms with Gasteiger partial charge in [0.25, 0.3) is 5.91 Å². The number of rotatable bonds is 9. The van der Waals surface area contributed by atoms with Gasteiger partial charge in [-0.3, -0.25) is 14.5 Å². The van der Waals surface area contributed by atoms with Crippen molar-refractivity contribution in [3.63, 3.8) is 0 Å². The van der Waals surface area contributed by atoms with E-state index in [0.717, 1.165) is 35.5 Å². The lowest BCUT2D eigenvalue weighted by atomic mass is 10.0. The number of amides is 2. The number of piperazine rings is 1. The van der Waals surface area contributed by atoms with Crippen LogP contribution in [0, 0.1) is 0 Å². The Hall–Kier alpha value is -4.24. The second-order valence-corrected chi connectivity index (χ2v) is 10.5. The summed E-state index contributed by atoms with van der Waals surface area (Å²) in [6.07, 6.45) is 4.35. The van der Waals surface area contributed by atoms with Crippen LogP contribution in [0.25, 0.3) is 11.0 Å². The summed E-state index contributed by atoms with van der Waals surface area (Å²) >= 11 is 0. The Labute approximate surface area is 235 Å². The molecule has 1 aliphatic heterocycles. The minimum absolute atomic E-state index is 0.0274. The summed E-state index contributed by atoms with van der Waals surface area (Å²) in [4.78, 5) is 43.9. The molecule has 1 aliphatic rings. The van der Waals surface area contributed by atoms with Crippen molar-refractivity contribution in [3.8, 4) is 0 Å². The van der Waals surface area contributed by atoms with E-state index in [1.54, 1.807) is 0 Å². The van der Waals surface area contributed by atoms with Crippen molar-refractivity contribution in [1.82, 2.24) is 30.1 Å². The highest BCUT2D eigenvalue weighted by Gasteiger charge is 2.32. The fourth-order valence-electron chi connectivity index (χ4n) is 5.63. The van der Waals surface area contributed by atoms with Crippen molar-refractivity contribution in [2.24, 2.45) is 0 Å². The molecule has 2 unspecified atom stereocenters. The highest BCUT2D eigenvalue weighted by molar-refractivity contribution is 5.96. The van der Waals surface area contributed by atoms with Crippen LogP contribution in [-0.4, -0.2) is 81.4 Å². The maximum Gasteiger partial charge on any atom is 0.254 e. The molecule has 0 saturated carbocycles. The van der Waals surface area contributed by atoms with Crippen molar-refractivity contribution in [2.45, 2.75) is 39.3 Å². The van der Waals surface area contributed by atoms with E-state index in [-0.39, 0.29) is 23.9 Å². The van der Waals surface area contributed by atoms with E-state index >= 15 is 0 Å². The molecule has 0 bridgehead atoms. The average Bonchev–Trinajstić information content (AvgIpc) is 3.44. The van der Waals surface area contributed by atoms with Gasteiger partial charge < -0.3 is 20.1 Å². The number of carbonyl (C=O) groups excluding carboxylic acids is 2. The molecule has 3 heterocycles. The molecule has 9 nitrogen and oxygen atoms in total. The molecule has 2 atom stereocenters. The quantitative estimate of drug-likeness (QED) is 0.334. The van der Waals surface area contributed by atoms with Gasteiger partial charge in [-0.15, -0.1) is 0 Å². The highest BCUT2D eigenvalue weighted by Crippen LogP contribution is 2.30. The lowest BCUT2D eigenvalue weighted by molar-refractivity contribution is -0.118. The van der Waals surface area contributed by atoms with Crippen molar-refractivity contribution < 1.29 is 9.59 Å². The molecule has 2 aromatic carbocycles. The molecular weight excluding hydrogens is 502 g/mol. The first kappa shape index (κ1) is 27.3. The molecule has 2 amide bonds. The molecule has 4 aromatic rings. The summed E-state index contributed by atoms with van der Waals surface area (Å²) in [5.41, 5.74) is 3.54. The van der Waals surface area contributed by atoms with Crippen LogP contribution in [0.4, 0.5) is 11.5 Å². The summed E-state index contributed by atoms with van der Waals surface area (Å²) < 4.78 is 0. The molecule has 0 radical (unpaired) electrons. The first-order valence-corrected chi connectivity index (χ1v) is 13.9. The number of fused-ring (bicyclic) bond motifs is 1. The number of benzene rings is 2. The average molecular weight is 540 g/mol. The zero-order chi connectivity index (χ0) is 28.1. The van der Waals surface area contributed by atoms with Crippen LogP contribution in [0.2, 0.25) is 0 Å². The summed E-state index contributed by atoms with van der Waals surface area (Å²) in [5.74, 6) is 0.652. The number of hydrogen-bond acceptors (Lipinski definition) is 6. The zero-order valence-corrected chi connectivity index (χ0v) is 23.4. The normalized spacial score (nSPS) is 17.6. The van der Waals surface area contributed by atoms with E-state index in [1.807, 2.05) is 52.4 Å². The number of aromatic nitrogens is 3. The first-order chi connectivity index (χ1) is 19.4. The monoisotopic (exact) mass is 539 g/mol. The largest absolute Gasteiger partial charge is 0.355 e. The Balaban J connectivity index is 1.33. The zero-order valence-electron chi connectivity index (χ0n) is 23.4.